The van der Waals surface area contributed by atoms with Gasteiger partial charge in [-0.3, -0.25) is 4.79 Å². The summed E-state index contributed by atoms with van der Waals surface area (Å²) in [6, 6.07) is 21.9. The predicted octanol–water partition coefficient (Wildman–Crippen LogP) is 4.63. The molecule has 1 atom stereocenters. The Morgan fingerprint density at radius 3 is 2.58 bits per heavy atom. The van der Waals surface area contributed by atoms with Gasteiger partial charge in [0.1, 0.15) is 5.76 Å². The van der Waals surface area contributed by atoms with E-state index in [0.717, 1.165) is 16.8 Å². The van der Waals surface area contributed by atoms with Crippen molar-refractivity contribution in [3.8, 4) is 0 Å². The van der Waals surface area contributed by atoms with Crippen molar-refractivity contribution in [1.82, 2.24) is 10.3 Å². The van der Waals surface area contributed by atoms with E-state index < -0.39 is 0 Å². The minimum absolute atomic E-state index is 0.0485. The summed E-state index contributed by atoms with van der Waals surface area (Å²) in [5.41, 5.74) is 3.42. The van der Waals surface area contributed by atoms with Crippen LogP contribution in [-0.2, 0) is 0 Å². The van der Waals surface area contributed by atoms with E-state index in [0.29, 0.717) is 12.3 Å². The van der Waals surface area contributed by atoms with Gasteiger partial charge in [-0.05, 0) is 36.2 Å². The monoisotopic (exact) mass is 344 g/mol. The Labute approximate surface area is 151 Å². The normalized spacial score (nSPS) is 12.2. The van der Waals surface area contributed by atoms with Crippen LogP contribution in [0.5, 0.6) is 0 Å². The summed E-state index contributed by atoms with van der Waals surface area (Å²) in [6.07, 6.45) is 2.03. The smallest absolute Gasteiger partial charge is 0.287 e. The summed E-state index contributed by atoms with van der Waals surface area (Å²) < 4.78 is 5.43. The lowest BCUT2D eigenvalue weighted by molar-refractivity contribution is 0.0923. The van der Waals surface area contributed by atoms with E-state index in [1.54, 1.807) is 12.1 Å². The van der Waals surface area contributed by atoms with Crippen LogP contribution in [0.4, 0.5) is 0 Å². The molecular formula is C22H20N2O2. The van der Waals surface area contributed by atoms with E-state index in [9.17, 15) is 4.79 Å². The summed E-state index contributed by atoms with van der Waals surface area (Å²) >= 11 is 0. The number of fused-ring (bicyclic) bond motifs is 1. The van der Waals surface area contributed by atoms with E-state index in [2.05, 4.69) is 34.6 Å². The van der Waals surface area contributed by atoms with Crippen LogP contribution in [0.25, 0.3) is 10.9 Å². The van der Waals surface area contributed by atoms with Gasteiger partial charge in [0.15, 0.2) is 5.76 Å². The highest BCUT2D eigenvalue weighted by Gasteiger charge is 2.20. The Balaban J connectivity index is 1.65. The third kappa shape index (κ3) is 3.14. The first-order valence-electron chi connectivity index (χ1n) is 8.68. The molecule has 4 nitrogen and oxygen atoms in total. The van der Waals surface area contributed by atoms with Crippen LogP contribution in [0, 0.1) is 6.92 Å². The number of rotatable bonds is 5. The fraction of sp³-hybridized carbons (Fsp3) is 0.136. The zero-order chi connectivity index (χ0) is 17.9. The average Bonchev–Trinajstić information content (AvgIpc) is 3.29. The molecule has 2 N–H and O–H groups in total. The molecule has 1 unspecified atom stereocenters. The van der Waals surface area contributed by atoms with Crippen molar-refractivity contribution in [3.05, 3.63) is 95.6 Å². The van der Waals surface area contributed by atoms with E-state index >= 15 is 0 Å². The number of furan rings is 1. The summed E-state index contributed by atoms with van der Waals surface area (Å²) in [6.45, 7) is 2.32. The van der Waals surface area contributed by atoms with Gasteiger partial charge < -0.3 is 14.7 Å². The first-order valence-corrected chi connectivity index (χ1v) is 8.68. The number of para-hydroxylation sites is 1. The first-order chi connectivity index (χ1) is 12.7. The molecule has 0 aliphatic heterocycles. The standard InChI is InChI=1S/C22H20N2O2/c1-15-11-12-21(26-15)22(25)24-13-18(16-7-3-2-4-8-16)19-14-23-20-10-6-5-9-17(19)20/h2-12,14,18,23H,13H2,1H3,(H,24,25). The molecule has 2 aromatic heterocycles. The number of aryl methyl sites for hydroxylation is 1. The van der Waals surface area contributed by atoms with Crippen LogP contribution in [-0.4, -0.2) is 17.4 Å². The van der Waals surface area contributed by atoms with Gasteiger partial charge in [0.2, 0.25) is 0 Å². The Morgan fingerprint density at radius 1 is 1.04 bits per heavy atom. The second-order valence-electron chi connectivity index (χ2n) is 6.37. The van der Waals surface area contributed by atoms with Crippen LogP contribution in [0.2, 0.25) is 0 Å². The molecule has 4 heteroatoms. The molecule has 2 heterocycles. The zero-order valence-electron chi connectivity index (χ0n) is 14.5. The second-order valence-corrected chi connectivity index (χ2v) is 6.37. The molecule has 1 amide bonds. The maximum absolute atomic E-state index is 12.4. The molecule has 4 rings (SSSR count). The Bertz CT molecular complexity index is 1030. The van der Waals surface area contributed by atoms with Crippen molar-refractivity contribution in [1.29, 1.82) is 0 Å². The SMILES string of the molecule is Cc1ccc(C(=O)NCC(c2ccccc2)c2c[nH]c3ccccc23)o1. The van der Waals surface area contributed by atoms with Crippen LogP contribution in [0.3, 0.4) is 0 Å². The highest BCUT2D eigenvalue weighted by atomic mass is 16.3. The molecule has 2 aromatic carbocycles. The zero-order valence-corrected chi connectivity index (χ0v) is 14.5. The third-order valence-electron chi connectivity index (χ3n) is 4.63. The maximum Gasteiger partial charge on any atom is 0.287 e. The molecule has 0 saturated carbocycles. The number of hydrogen-bond donors (Lipinski definition) is 2. The van der Waals surface area contributed by atoms with Gasteiger partial charge in [-0.15, -0.1) is 0 Å². The molecule has 26 heavy (non-hydrogen) atoms. The van der Waals surface area contributed by atoms with Gasteiger partial charge >= 0.3 is 0 Å². The molecule has 0 fully saturated rings. The maximum atomic E-state index is 12.4. The van der Waals surface area contributed by atoms with Crippen LogP contribution >= 0.6 is 0 Å². The molecule has 0 radical (unpaired) electrons. The number of benzene rings is 2. The lowest BCUT2D eigenvalue weighted by atomic mass is 9.91. The Morgan fingerprint density at radius 2 is 1.81 bits per heavy atom. The minimum Gasteiger partial charge on any atom is -0.456 e. The number of aromatic nitrogens is 1. The van der Waals surface area contributed by atoms with Gasteiger partial charge in [-0.25, -0.2) is 0 Å². The number of amides is 1. The Kier molecular flexibility index (Phi) is 4.32. The quantitative estimate of drug-likeness (QED) is 0.554. The van der Waals surface area contributed by atoms with Gasteiger partial charge in [-0.1, -0.05) is 48.5 Å². The number of H-pyrrole nitrogens is 1. The van der Waals surface area contributed by atoms with E-state index in [1.165, 1.54) is 10.9 Å². The highest BCUT2D eigenvalue weighted by Crippen LogP contribution is 2.30. The van der Waals surface area contributed by atoms with Gasteiger partial charge in [0, 0.05) is 29.6 Å². The number of nitrogens with one attached hydrogen (secondary N) is 2. The van der Waals surface area contributed by atoms with Crippen molar-refractivity contribution in [2.75, 3.05) is 6.54 Å². The Hall–Kier alpha value is -3.27. The fourth-order valence-corrected chi connectivity index (χ4v) is 3.31. The van der Waals surface area contributed by atoms with Crippen LogP contribution in [0.1, 0.15) is 33.4 Å². The van der Waals surface area contributed by atoms with Crippen LogP contribution < -0.4 is 5.32 Å². The predicted molar refractivity (Wildman–Crippen MR) is 102 cm³/mol. The van der Waals surface area contributed by atoms with Gasteiger partial charge in [0.25, 0.3) is 5.91 Å². The molecule has 0 spiro atoms. The fourth-order valence-electron chi connectivity index (χ4n) is 3.31. The molecule has 0 saturated heterocycles. The van der Waals surface area contributed by atoms with Crippen LogP contribution in [0.15, 0.2) is 77.3 Å². The van der Waals surface area contributed by atoms with Crippen molar-refractivity contribution in [3.63, 3.8) is 0 Å². The number of carbonyl (C=O) groups excluding carboxylic acids is 1. The molecule has 4 aromatic rings. The van der Waals surface area contributed by atoms with Gasteiger partial charge in [0.05, 0.1) is 0 Å². The second kappa shape index (κ2) is 6.92. The first kappa shape index (κ1) is 16.2. The topological polar surface area (TPSA) is 58.0 Å². The van der Waals surface area contributed by atoms with Gasteiger partial charge in [-0.2, -0.15) is 0 Å². The lowest BCUT2D eigenvalue weighted by Gasteiger charge is -2.18. The molecule has 0 bridgehead atoms. The number of aromatic amines is 1. The van der Waals surface area contributed by atoms with Crippen molar-refractivity contribution >= 4 is 16.8 Å². The van der Waals surface area contributed by atoms with E-state index in [4.69, 9.17) is 4.42 Å². The average molecular weight is 344 g/mol. The molecule has 0 aliphatic carbocycles. The van der Waals surface area contributed by atoms with Crippen molar-refractivity contribution in [2.24, 2.45) is 0 Å². The highest BCUT2D eigenvalue weighted by molar-refractivity contribution is 5.91. The third-order valence-corrected chi connectivity index (χ3v) is 4.63. The molecule has 130 valence electrons. The number of carbonyl (C=O) groups is 1. The van der Waals surface area contributed by atoms with Crippen molar-refractivity contribution < 1.29 is 9.21 Å². The van der Waals surface area contributed by atoms with E-state index in [-0.39, 0.29) is 11.8 Å². The van der Waals surface area contributed by atoms with Crippen molar-refractivity contribution in [2.45, 2.75) is 12.8 Å². The van der Waals surface area contributed by atoms with E-state index in [1.807, 2.05) is 43.5 Å². The summed E-state index contributed by atoms with van der Waals surface area (Å²) in [4.78, 5) is 15.7. The summed E-state index contributed by atoms with van der Waals surface area (Å²) in [5, 5.41) is 4.19. The summed E-state index contributed by atoms with van der Waals surface area (Å²) in [7, 11) is 0. The molecular weight excluding hydrogens is 324 g/mol. The summed E-state index contributed by atoms with van der Waals surface area (Å²) in [5.74, 6) is 0.922. The number of hydrogen-bond acceptors (Lipinski definition) is 2. The molecule has 0 aliphatic rings. The minimum atomic E-state index is -0.195. The lowest BCUT2D eigenvalue weighted by Crippen LogP contribution is -2.28. The largest absolute Gasteiger partial charge is 0.456 e.